The van der Waals surface area contributed by atoms with Gasteiger partial charge in [-0.2, -0.15) is 0 Å². The highest BCUT2D eigenvalue weighted by Gasteiger charge is 2.27. The molecule has 0 saturated heterocycles. The fourth-order valence-electron chi connectivity index (χ4n) is 3.54. The third-order valence-corrected chi connectivity index (χ3v) is 5.34. The van der Waals surface area contributed by atoms with Gasteiger partial charge in [-0.25, -0.2) is 9.78 Å². The lowest BCUT2D eigenvalue weighted by molar-refractivity contribution is 0.0848. The Morgan fingerprint density at radius 3 is 2.66 bits per heavy atom. The minimum Gasteiger partial charge on any atom is -0.450 e. The van der Waals surface area contributed by atoms with Gasteiger partial charge in [0.2, 0.25) is 0 Å². The van der Waals surface area contributed by atoms with Crippen molar-refractivity contribution in [1.29, 1.82) is 0 Å². The van der Waals surface area contributed by atoms with Crippen molar-refractivity contribution in [3.05, 3.63) is 61.3 Å². The molecule has 29 heavy (non-hydrogen) atoms. The van der Waals surface area contributed by atoms with Gasteiger partial charge in [-0.1, -0.05) is 29.8 Å². The second kappa shape index (κ2) is 8.34. The lowest BCUT2D eigenvalue weighted by atomic mass is 10.0. The second-order valence-electron chi connectivity index (χ2n) is 6.37. The molecule has 0 unspecified atom stereocenters. The standard InChI is InChI=1S/C19H15BrN2O5.C2H6/c1-9-4-16-17-12(6-22(16)18(24)14(9)8-27-19(25)26)13(7-23)11-5-10(20)2-3-15(11)21-17;1-2/h2-5,23H,6-8H2,1H3,(H,25,26);1-2H3. The highest BCUT2D eigenvalue weighted by molar-refractivity contribution is 9.10. The van der Waals surface area contributed by atoms with Crippen molar-refractivity contribution < 1.29 is 19.7 Å². The van der Waals surface area contributed by atoms with Crippen LogP contribution in [0.1, 0.15) is 36.1 Å². The van der Waals surface area contributed by atoms with E-state index in [1.54, 1.807) is 11.5 Å². The molecule has 2 N–H and O–H groups in total. The lowest BCUT2D eigenvalue weighted by Crippen LogP contribution is -2.25. The largest absolute Gasteiger partial charge is 0.506 e. The summed E-state index contributed by atoms with van der Waals surface area (Å²) < 4.78 is 7.02. The first-order valence-electron chi connectivity index (χ1n) is 9.22. The fourth-order valence-corrected chi connectivity index (χ4v) is 3.90. The molecular weight excluding hydrogens is 440 g/mol. The van der Waals surface area contributed by atoms with Crippen molar-refractivity contribution in [2.24, 2.45) is 0 Å². The van der Waals surface area contributed by atoms with E-state index in [1.165, 1.54) is 0 Å². The van der Waals surface area contributed by atoms with E-state index in [0.717, 1.165) is 26.5 Å². The van der Waals surface area contributed by atoms with Crippen LogP contribution in [0.5, 0.6) is 0 Å². The fraction of sp³-hybridized carbons (Fsp3) is 0.286. The van der Waals surface area contributed by atoms with Crippen molar-refractivity contribution in [2.45, 2.75) is 40.5 Å². The average Bonchev–Trinajstić information content (AvgIpc) is 3.05. The first-order chi connectivity index (χ1) is 13.9. The summed E-state index contributed by atoms with van der Waals surface area (Å²) in [6.45, 7) is 5.54. The van der Waals surface area contributed by atoms with Gasteiger partial charge in [0.1, 0.15) is 6.61 Å². The number of pyridine rings is 2. The summed E-state index contributed by atoms with van der Waals surface area (Å²) in [5.41, 5.74) is 4.23. The summed E-state index contributed by atoms with van der Waals surface area (Å²) in [7, 11) is 0. The molecule has 152 valence electrons. The first kappa shape index (κ1) is 21.0. The van der Waals surface area contributed by atoms with Crippen LogP contribution in [0.25, 0.3) is 22.3 Å². The highest BCUT2D eigenvalue weighted by atomic mass is 79.9. The van der Waals surface area contributed by atoms with E-state index >= 15 is 0 Å². The number of fused-ring (bicyclic) bond motifs is 4. The van der Waals surface area contributed by atoms with Gasteiger partial charge in [0.15, 0.2) is 0 Å². The zero-order valence-corrected chi connectivity index (χ0v) is 17.9. The second-order valence-corrected chi connectivity index (χ2v) is 7.29. The van der Waals surface area contributed by atoms with Crippen LogP contribution >= 0.6 is 15.9 Å². The maximum Gasteiger partial charge on any atom is 0.506 e. The molecule has 8 heteroatoms. The molecule has 0 spiro atoms. The molecule has 4 rings (SSSR count). The van der Waals surface area contributed by atoms with Gasteiger partial charge < -0.3 is 19.5 Å². The van der Waals surface area contributed by atoms with Crippen LogP contribution in [-0.2, 0) is 24.5 Å². The molecule has 1 aliphatic rings. The van der Waals surface area contributed by atoms with Gasteiger partial charge in [0.25, 0.3) is 5.56 Å². The SMILES string of the molecule is CC.Cc1cc2n(c(=O)c1COC(=O)O)Cc1c-2nc2ccc(Br)cc2c1CO. The van der Waals surface area contributed by atoms with E-state index in [4.69, 9.17) is 10.1 Å². The quantitative estimate of drug-likeness (QED) is 0.444. The van der Waals surface area contributed by atoms with Gasteiger partial charge in [0.05, 0.1) is 35.6 Å². The third-order valence-electron chi connectivity index (χ3n) is 4.85. The maximum absolute atomic E-state index is 12.9. The number of benzene rings is 1. The minimum atomic E-state index is -1.43. The Hall–Kier alpha value is -2.71. The molecule has 2 aromatic heterocycles. The summed E-state index contributed by atoms with van der Waals surface area (Å²) in [6.07, 6.45) is -1.43. The number of aryl methyl sites for hydroxylation is 1. The minimum absolute atomic E-state index is 0.172. The number of hydrogen-bond donors (Lipinski definition) is 2. The number of aliphatic hydroxyl groups excluding tert-OH is 1. The Bertz CT molecular complexity index is 1170. The molecule has 0 saturated carbocycles. The molecule has 0 amide bonds. The predicted molar refractivity (Wildman–Crippen MR) is 113 cm³/mol. The molecule has 3 heterocycles. The number of carboxylic acid groups (broad SMARTS) is 1. The van der Waals surface area contributed by atoms with Gasteiger partial charge in [-0.15, -0.1) is 0 Å². The Labute approximate surface area is 175 Å². The van der Waals surface area contributed by atoms with E-state index in [0.29, 0.717) is 22.5 Å². The smallest absolute Gasteiger partial charge is 0.450 e. The Balaban J connectivity index is 0.00000117. The van der Waals surface area contributed by atoms with Crippen molar-refractivity contribution in [2.75, 3.05) is 0 Å². The zero-order valence-electron chi connectivity index (χ0n) is 16.3. The van der Waals surface area contributed by atoms with Crippen LogP contribution in [0.2, 0.25) is 0 Å². The summed E-state index contributed by atoms with van der Waals surface area (Å²) in [6, 6.07) is 7.45. The van der Waals surface area contributed by atoms with Gasteiger partial charge in [0, 0.05) is 15.4 Å². The highest BCUT2D eigenvalue weighted by Crippen LogP contribution is 2.36. The molecule has 0 radical (unpaired) electrons. The summed E-state index contributed by atoms with van der Waals surface area (Å²) in [5, 5.41) is 19.5. The number of carbonyl (C=O) groups is 1. The third kappa shape index (κ3) is 3.65. The predicted octanol–water partition coefficient (Wildman–Crippen LogP) is 4.21. The molecule has 1 aromatic carbocycles. The molecule has 0 atom stereocenters. The molecule has 0 bridgehead atoms. The summed E-state index contributed by atoms with van der Waals surface area (Å²) >= 11 is 3.44. The molecule has 7 nitrogen and oxygen atoms in total. The van der Waals surface area contributed by atoms with Crippen molar-refractivity contribution in [1.82, 2.24) is 9.55 Å². The number of hydrogen-bond acceptors (Lipinski definition) is 5. The maximum atomic E-state index is 12.9. The Morgan fingerprint density at radius 2 is 2.00 bits per heavy atom. The topological polar surface area (TPSA) is 102 Å². The Kier molecular flexibility index (Phi) is 6.04. The number of halogens is 1. The summed E-state index contributed by atoms with van der Waals surface area (Å²) in [4.78, 5) is 28.3. The zero-order chi connectivity index (χ0) is 21.3. The number of ether oxygens (including phenoxy) is 1. The van der Waals surface area contributed by atoms with E-state index < -0.39 is 6.16 Å². The Morgan fingerprint density at radius 1 is 1.28 bits per heavy atom. The van der Waals surface area contributed by atoms with Gasteiger partial charge in [-0.05, 0) is 42.3 Å². The van der Waals surface area contributed by atoms with E-state index in [2.05, 4.69) is 20.7 Å². The molecular formula is C21H21BrN2O5. The van der Waals surface area contributed by atoms with Crippen LogP contribution in [0.15, 0.2) is 33.5 Å². The first-order valence-corrected chi connectivity index (χ1v) is 10.0. The monoisotopic (exact) mass is 460 g/mol. The molecule has 0 aliphatic carbocycles. The van der Waals surface area contributed by atoms with E-state index in [9.17, 15) is 14.7 Å². The van der Waals surface area contributed by atoms with Crippen LogP contribution in [-0.4, -0.2) is 25.9 Å². The van der Waals surface area contributed by atoms with Gasteiger partial charge in [-0.3, -0.25) is 4.79 Å². The lowest BCUT2D eigenvalue weighted by Gasteiger charge is -2.10. The van der Waals surface area contributed by atoms with Crippen LogP contribution < -0.4 is 5.56 Å². The normalized spacial score (nSPS) is 11.5. The number of nitrogens with zero attached hydrogens (tertiary/aromatic N) is 2. The van der Waals surface area contributed by atoms with Crippen LogP contribution in [0.3, 0.4) is 0 Å². The van der Waals surface area contributed by atoms with Crippen molar-refractivity contribution >= 4 is 33.0 Å². The molecule has 1 aliphatic heterocycles. The van der Waals surface area contributed by atoms with Gasteiger partial charge >= 0.3 is 6.16 Å². The summed E-state index contributed by atoms with van der Waals surface area (Å²) in [5.74, 6) is 0. The number of aliphatic hydroxyl groups is 1. The van der Waals surface area contributed by atoms with E-state index in [-0.39, 0.29) is 25.3 Å². The van der Waals surface area contributed by atoms with Crippen molar-refractivity contribution in [3.8, 4) is 11.4 Å². The van der Waals surface area contributed by atoms with Crippen LogP contribution in [0, 0.1) is 6.92 Å². The van der Waals surface area contributed by atoms with E-state index in [1.807, 2.05) is 38.1 Å². The number of rotatable bonds is 3. The van der Waals surface area contributed by atoms with Crippen molar-refractivity contribution in [3.63, 3.8) is 0 Å². The molecule has 3 aromatic rings. The molecule has 0 fully saturated rings. The van der Waals surface area contributed by atoms with Crippen LogP contribution in [0.4, 0.5) is 4.79 Å². The average molecular weight is 461 g/mol. The number of aromatic nitrogens is 2.